The topological polar surface area (TPSA) is 67.4 Å². The molecule has 0 aromatic rings. The zero-order valence-corrected chi connectivity index (χ0v) is 24.5. The fraction of sp³-hybridized carbons (Fsp3) is 0.935. The molecule has 5 heteroatoms. The van der Waals surface area contributed by atoms with Crippen LogP contribution in [0.25, 0.3) is 0 Å². The Morgan fingerprint density at radius 3 is 1.81 bits per heavy atom. The fourth-order valence-electron chi connectivity index (χ4n) is 4.67. The van der Waals surface area contributed by atoms with Crippen molar-refractivity contribution in [2.45, 2.75) is 155 Å². The molecule has 0 heterocycles. The number of hydrogen-bond donors (Lipinski definition) is 2. The van der Waals surface area contributed by atoms with Crippen molar-refractivity contribution in [3.63, 3.8) is 0 Å². The van der Waals surface area contributed by atoms with Crippen LogP contribution in [0, 0.1) is 5.92 Å². The van der Waals surface area contributed by atoms with Crippen LogP contribution in [0.3, 0.4) is 0 Å². The van der Waals surface area contributed by atoms with Crippen molar-refractivity contribution < 1.29 is 17.2 Å². The van der Waals surface area contributed by atoms with E-state index in [0.717, 1.165) is 38.6 Å². The summed E-state index contributed by atoms with van der Waals surface area (Å²) in [7, 11) is 1.99. The van der Waals surface area contributed by atoms with Crippen LogP contribution in [0.5, 0.6) is 0 Å². The molecule has 0 spiro atoms. The molecule has 2 N–H and O–H groups in total. The van der Waals surface area contributed by atoms with Crippen molar-refractivity contribution >= 4 is 11.9 Å². The van der Waals surface area contributed by atoms with Gasteiger partial charge in [-0.15, -0.1) is 0 Å². The number of esters is 1. The van der Waals surface area contributed by atoms with Gasteiger partial charge in [-0.25, -0.2) is 0 Å². The van der Waals surface area contributed by atoms with Gasteiger partial charge in [0.2, 0.25) is 5.91 Å². The second-order valence-electron chi connectivity index (χ2n) is 10.7. The highest BCUT2D eigenvalue weighted by Crippen LogP contribution is 2.20. The summed E-state index contributed by atoms with van der Waals surface area (Å²) in [6.45, 7) is 6.91. The first-order valence-electron chi connectivity index (χ1n) is 15.7. The van der Waals surface area contributed by atoms with E-state index in [4.69, 9.17) is 4.74 Å². The van der Waals surface area contributed by atoms with Gasteiger partial charge in [-0.2, -0.15) is 0 Å². The molecule has 1 atom stereocenters. The Balaban J connectivity index is -0.00000612. The van der Waals surface area contributed by atoms with Crippen LogP contribution in [-0.4, -0.2) is 38.6 Å². The first-order chi connectivity index (χ1) is 17.6. The average molecular weight is 515 g/mol. The number of amides is 1. The lowest BCUT2D eigenvalue weighted by Gasteiger charge is -2.17. The van der Waals surface area contributed by atoms with Crippen LogP contribution in [0.2, 0.25) is 0 Å². The molecular formula is C31H66N2O3. The molecule has 0 saturated carbocycles. The number of nitrogens with one attached hydrogen (secondary N) is 2. The highest BCUT2D eigenvalue weighted by molar-refractivity contribution is 5.75. The van der Waals surface area contributed by atoms with Gasteiger partial charge in [0.1, 0.15) is 0 Å². The lowest BCUT2D eigenvalue weighted by atomic mass is 9.95. The number of unbranched alkanes of at least 4 members (excludes halogenated alkanes) is 14. The maximum atomic E-state index is 12.2. The summed E-state index contributed by atoms with van der Waals surface area (Å²) >= 11 is 0. The zero-order valence-electron chi connectivity index (χ0n) is 24.5. The van der Waals surface area contributed by atoms with E-state index in [2.05, 4.69) is 24.5 Å². The molecule has 0 saturated heterocycles. The van der Waals surface area contributed by atoms with Crippen molar-refractivity contribution in [2.75, 3.05) is 26.7 Å². The van der Waals surface area contributed by atoms with E-state index in [1.807, 2.05) is 7.05 Å². The van der Waals surface area contributed by atoms with Gasteiger partial charge in [-0.3, -0.25) is 9.59 Å². The maximum absolute atomic E-state index is 12.2. The zero-order chi connectivity index (χ0) is 26.5. The van der Waals surface area contributed by atoms with Crippen LogP contribution >= 0.6 is 0 Å². The molecule has 0 aromatic carbocycles. The van der Waals surface area contributed by atoms with Crippen molar-refractivity contribution in [3.05, 3.63) is 0 Å². The molecule has 0 aliphatic carbocycles. The monoisotopic (exact) mass is 515 g/mol. The summed E-state index contributed by atoms with van der Waals surface area (Å²) in [5.41, 5.74) is 0. The third kappa shape index (κ3) is 26.0. The summed E-state index contributed by atoms with van der Waals surface area (Å²) in [5, 5.41) is 6.19. The Kier molecular flexibility index (Phi) is 27.6. The molecular weight excluding hydrogens is 448 g/mol. The standard InChI is InChI=1S/C31H62N2O3.2H2/c1-4-6-8-10-12-17-23-29(22-16-9-7-5-2)28-36-31(35)25-19-15-21-27-33-30(34)24-18-13-11-14-20-26-32-3;;/h29,32H,4-28H2,1-3H3,(H,33,34);2*1H. The van der Waals surface area contributed by atoms with Crippen LogP contribution in [0.4, 0.5) is 0 Å². The Labute approximate surface area is 227 Å². The first kappa shape index (κ1) is 34.9. The molecule has 36 heavy (non-hydrogen) atoms. The number of ether oxygens (including phenoxy) is 1. The summed E-state index contributed by atoms with van der Waals surface area (Å²) in [6, 6.07) is 0. The Morgan fingerprint density at radius 2 is 1.14 bits per heavy atom. The van der Waals surface area contributed by atoms with E-state index in [1.165, 1.54) is 96.3 Å². The highest BCUT2D eigenvalue weighted by atomic mass is 16.5. The average Bonchev–Trinajstić information content (AvgIpc) is 2.88. The molecule has 0 aliphatic heterocycles. The molecule has 0 fully saturated rings. The summed E-state index contributed by atoms with van der Waals surface area (Å²) in [4.78, 5) is 24.2. The third-order valence-electron chi connectivity index (χ3n) is 7.12. The molecule has 1 amide bonds. The van der Waals surface area contributed by atoms with Crippen molar-refractivity contribution in [1.82, 2.24) is 10.6 Å². The first-order valence-corrected chi connectivity index (χ1v) is 15.7. The summed E-state index contributed by atoms with van der Waals surface area (Å²) in [5.74, 6) is 0.649. The smallest absolute Gasteiger partial charge is 0.305 e. The van der Waals surface area contributed by atoms with Crippen molar-refractivity contribution in [2.24, 2.45) is 5.92 Å². The minimum absolute atomic E-state index is 0. The molecule has 0 aliphatic rings. The second kappa shape index (κ2) is 28.5. The number of hydrogen-bond acceptors (Lipinski definition) is 4. The quantitative estimate of drug-likeness (QED) is 0.0810. The van der Waals surface area contributed by atoms with Gasteiger partial charge in [0, 0.05) is 22.2 Å². The van der Waals surface area contributed by atoms with Gasteiger partial charge in [-0.05, 0) is 58.0 Å². The van der Waals surface area contributed by atoms with E-state index in [9.17, 15) is 9.59 Å². The molecule has 1 unspecified atom stereocenters. The molecule has 0 radical (unpaired) electrons. The predicted molar refractivity (Wildman–Crippen MR) is 159 cm³/mol. The maximum Gasteiger partial charge on any atom is 0.305 e. The highest BCUT2D eigenvalue weighted by Gasteiger charge is 2.12. The largest absolute Gasteiger partial charge is 0.465 e. The Morgan fingerprint density at radius 1 is 0.639 bits per heavy atom. The van der Waals surface area contributed by atoms with Gasteiger partial charge < -0.3 is 15.4 Å². The number of carbonyl (C=O) groups is 2. The van der Waals surface area contributed by atoms with Gasteiger partial charge in [0.15, 0.2) is 0 Å². The SMILES string of the molecule is CCCCCCCCC(CCCCCC)COC(=O)CCCCCNC(=O)CCCCCCCNC.[HH].[HH]. The van der Waals surface area contributed by atoms with E-state index < -0.39 is 0 Å². The van der Waals surface area contributed by atoms with Crippen molar-refractivity contribution in [1.29, 1.82) is 0 Å². The minimum Gasteiger partial charge on any atom is -0.465 e. The lowest BCUT2D eigenvalue weighted by Crippen LogP contribution is -2.24. The normalized spacial score (nSPS) is 12.0. The number of carbonyl (C=O) groups excluding carboxylic acids is 2. The van der Waals surface area contributed by atoms with Gasteiger partial charge >= 0.3 is 5.97 Å². The number of rotatable bonds is 28. The predicted octanol–water partition coefficient (Wildman–Crippen LogP) is 8.60. The van der Waals surface area contributed by atoms with E-state index in [1.54, 1.807) is 0 Å². The van der Waals surface area contributed by atoms with Gasteiger partial charge in [0.05, 0.1) is 6.61 Å². The Hall–Kier alpha value is -1.10. The summed E-state index contributed by atoms with van der Waals surface area (Å²) in [6.07, 6.45) is 25.1. The molecule has 5 nitrogen and oxygen atoms in total. The van der Waals surface area contributed by atoms with Crippen LogP contribution in [-0.2, 0) is 14.3 Å². The van der Waals surface area contributed by atoms with Gasteiger partial charge in [-0.1, -0.05) is 104 Å². The van der Waals surface area contributed by atoms with Crippen LogP contribution in [0.1, 0.15) is 158 Å². The molecule has 0 aromatic heterocycles. The molecule has 218 valence electrons. The van der Waals surface area contributed by atoms with Crippen LogP contribution in [0.15, 0.2) is 0 Å². The van der Waals surface area contributed by atoms with E-state index in [0.29, 0.717) is 31.9 Å². The Bertz CT molecular complexity index is 496. The fourth-order valence-corrected chi connectivity index (χ4v) is 4.67. The van der Waals surface area contributed by atoms with Gasteiger partial charge in [0.25, 0.3) is 0 Å². The minimum atomic E-state index is -0.0461. The molecule has 0 bridgehead atoms. The third-order valence-corrected chi connectivity index (χ3v) is 7.12. The lowest BCUT2D eigenvalue weighted by molar-refractivity contribution is -0.145. The molecule has 0 rings (SSSR count). The van der Waals surface area contributed by atoms with E-state index >= 15 is 0 Å². The second-order valence-corrected chi connectivity index (χ2v) is 10.7. The van der Waals surface area contributed by atoms with Crippen LogP contribution < -0.4 is 10.6 Å². The summed E-state index contributed by atoms with van der Waals surface area (Å²) < 4.78 is 5.68. The van der Waals surface area contributed by atoms with E-state index in [-0.39, 0.29) is 14.7 Å². The van der Waals surface area contributed by atoms with Crippen molar-refractivity contribution in [3.8, 4) is 0 Å².